The van der Waals surface area contributed by atoms with E-state index in [0.717, 1.165) is 12.2 Å². The molecule has 0 radical (unpaired) electrons. The molecule has 12 unspecified atom stereocenters. The molecule has 0 bridgehead atoms. The van der Waals surface area contributed by atoms with Crippen LogP contribution in [0.25, 0.3) is 0 Å². The molecule has 32 atom stereocenters. The second-order valence-electron chi connectivity index (χ2n) is 25.1. The normalized spacial score (nSPS) is 49.7. The van der Waals surface area contributed by atoms with Gasteiger partial charge in [-0.15, -0.1) is 0 Å². The lowest BCUT2D eigenvalue weighted by Gasteiger charge is -2.52. The minimum Gasteiger partial charge on any atom is -0.460 e. The quantitative estimate of drug-likeness (QED) is 0.0422. The van der Waals surface area contributed by atoms with Crippen LogP contribution in [0.4, 0.5) is 0 Å². The molecule has 0 amide bonds. The van der Waals surface area contributed by atoms with Gasteiger partial charge in [-0.05, 0) is 94.8 Å². The number of hydrogen-bond acceptors (Lipinski definition) is 31. The van der Waals surface area contributed by atoms with Gasteiger partial charge in [0.15, 0.2) is 25.2 Å². The number of carbonyl (C=O) groups excluding carboxylic acids is 2. The van der Waals surface area contributed by atoms with Gasteiger partial charge in [-0.3, -0.25) is 0 Å². The average Bonchev–Trinajstić information content (AvgIpc) is 3.08. The number of aliphatic hydroxyl groups excluding tert-OH is 18. The van der Waals surface area contributed by atoms with Crippen LogP contribution < -0.4 is 0 Å². The number of esters is 2. The van der Waals surface area contributed by atoms with Crippen LogP contribution in [0.5, 0.6) is 0 Å². The van der Waals surface area contributed by atoms with Crippen molar-refractivity contribution in [1.29, 1.82) is 0 Å². The maximum atomic E-state index is 13.2. The maximum absolute atomic E-state index is 13.2. The monoisotopic (exact) mass is 1270 g/mol. The Kier molecular flexibility index (Phi) is 24.6. The van der Waals surface area contributed by atoms with E-state index in [1.807, 2.05) is 0 Å². The molecule has 5 aliphatic heterocycles. The van der Waals surface area contributed by atoms with Gasteiger partial charge in [0.05, 0.1) is 74.3 Å². The molecule has 4 aliphatic carbocycles. The third-order valence-corrected chi connectivity index (χ3v) is 19.0. The molecular weight excluding hydrogens is 1180 g/mol. The van der Waals surface area contributed by atoms with Crippen LogP contribution in [0.2, 0.25) is 0 Å². The van der Waals surface area contributed by atoms with Gasteiger partial charge in [0, 0.05) is 24.5 Å². The zero-order valence-corrected chi connectivity index (χ0v) is 48.3. The fourth-order valence-electron chi connectivity index (χ4n) is 13.7. The van der Waals surface area contributed by atoms with Crippen molar-refractivity contribution < 1.29 is 154 Å². The minimum atomic E-state index is -2.10. The Hall–Kier alpha value is -2.66. The molecule has 31 nitrogen and oxygen atoms in total. The van der Waals surface area contributed by atoms with Crippen LogP contribution in [-0.2, 0) is 61.7 Å². The molecule has 0 spiro atoms. The van der Waals surface area contributed by atoms with E-state index in [1.165, 1.54) is 12.2 Å². The van der Waals surface area contributed by atoms with E-state index >= 15 is 0 Å². The van der Waals surface area contributed by atoms with Crippen LogP contribution in [0.3, 0.4) is 0 Å². The summed E-state index contributed by atoms with van der Waals surface area (Å²) in [6.07, 6.45) is -35.9. The van der Waals surface area contributed by atoms with E-state index < -0.39 is 234 Å². The lowest BCUT2D eigenvalue weighted by molar-refractivity contribution is -0.380. The highest BCUT2D eigenvalue weighted by atomic mass is 16.8. The van der Waals surface area contributed by atoms with Gasteiger partial charge in [0.25, 0.3) is 0 Å². The topological polar surface area (TPSA) is 500 Å². The highest BCUT2D eigenvalue weighted by Crippen LogP contribution is 2.46. The van der Waals surface area contributed by atoms with Crippen LogP contribution in [-0.4, -0.2) is 314 Å². The molecule has 31 heteroatoms. The first kappa shape index (κ1) is 69.7. The van der Waals surface area contributed by atoms with Gasteiger partial charge in [-0.1, -0.05) is 12.2 Å². The second-order valence-corrected chi connectivity index (χ2v) is 25.1. The second kappa shape index (κ2) is 31.1. The van der Waals surface area contributed by atoms with Crippen molar-refractivity contribution in [3.05, 3.63) is 24.3 Å². The van der Waals surface area contributed by atoms with Crippen LogP contribution >= 0.6 is 0 Å². The third kappa shape index (κ3) is 16.4. The zero-order chi connectivity index (χ0) is 63.4. The van der Waals surface area contributed by atoms with Gasteiger partial charge >= 0.3 is 11.9 Å². The van der Waals surface area contributed by atoms with E-state index in [1.54, 1.807) is 0 Å². The molecule has 88 heavy (non-hydrogen) atoms. The van der Waals surface area contributed by atoms with Crippen LogP contribution in [0.1, 0.15) is 83.5 Å². The predicted octanol–water partition coefficient (Wildman–Crippen LogP) is -7.26. The van der Waals surface area contributed by atoms with Crippen molar-refractivity contribution >= 4 is 11.9 Å². The summed E-state index contributed by atoms with van der Waals surface area (Å²) in [5.74, 6) is -3.58. The third-order valence-electron chi connectivity index (χ3n) is 19.0. The van der Waals surface area contributed by atoms with E-state index in [0.29, 0.717) is 44.9 Å². The first-order valence-electron chi connectivity index (χ1n) is 30.6. The standard InChI is InChI=1S/C57H90O31/c58-18-35-41(67)45(71)49(75)54(84-35)81-32-16-26(61)15-31-27(32)17-34(52(80-31)24-5-7-25(60)8-6-24)83-57-53(48(74)44(70)38(87-57)21-79-39(65)11-3-22-1-9-28(62)30(64)13-22)88-56-51(77)47(73)43(69)37(86-56)20-78-40(66)12-4-23-2-10-29(63)33(14-23)82-55-50(76)46(72)42(68)36(19-59)85-55/h3-4,11-12,22-38,41-64,67-77H,1-2,5-10,13-21H2/t22?,23?,24?,25?,26?,27?,28?,29?,30?,31?,32?,33?,34?,35-,36-,37-,38-,41-,42-,43-,44-,45+,46+,47+,48+,49-,50-,51-,52?,53-,54-,55-,56+,57-/m1/s1. The van der Waals surface area contributed by atoms with E-state index in [4.69, 9.17) is 52.1 Å². The largest absolute Gasteiger partial charge is 0.460 e. The summed E-state index contributed by atoms with van der Waals surface area (Å²) < 4.78 is 66.2. The summed E-state index contributed by atoms with van der Waals surface area (Å²) in [6, 6.07) is 0. The van der Waals surface area contributed by atoms with Crippen molar-refractivity contribution in [2.75, 3.05) is 26.4 Å². The number of aliphatic hydroxyl groups is 18. The lowest BCUT2D eigenvalue weighted by Crippen LogP contribution is -2.66. The van der Waals surface area contributed by atoms with Crippen LogP contribution in [0, 0.1) is 23.7 Å². The molecule has 9 aliphatic rings. The lowest BCUT2D eigenvalue weighted by atomic mass is 9.73. The molecule has 9 fully saturated rings. The van der Waals surface area contributed by atoms with Gasteiger partial charge in [-0.25, -0.2) is 9.59 Å². The Balaban J connectivity index is 0.913. The molecule has 5 heterocycles. The Morgan fingerprint density at radius 3 is 1.40 bits per heavy atom. The molecule has 18 N–H and O–H groups in total. The van der Waals surface area contributed by atoms with Gasteiger partial charge in [0.2, 0.25) is 0 Å². The summed E-state index contributed by atoms with van der Waals surface area (Å²) in [7, 11) is 0. The summed E-state index contributed by atoms with van der Waals surface area (Å²) in [5.41, 5.74) is 0. The van der Waals surface area contributed by atoms with Crippen molar-refractivity contribution in [3.8, 4) is 0 Å². The van der Waals surface area contributed by atoms with Gasteiger partial charge in [-0.2, -0.15) is 0 Å². The molecule has 0 aromatic carbocycles. The van der Waals surface area contributed by atoms with Crippen LogP contribution in [0.15, 0.2) is 24.3 Å². The first-order valence-corrected chi connectivity index (χ1v) is 30.6. The molecule has 0 aromatic heterocycles. The highest BCUT2D eigenvalue weighted by molar-refractivity contribution is 5.82. The molecule has 0 aromatic rings. The van der Waals surface area contributed by atoms with Gasteiger partial charge in [0.1, 0.15) is 111 Å². The number of allylic oxidation sites excluding steroid dienone is 2. The molecule has 4 saturated carbocycles. The van der Waals surface area contributed by atoms with Crippen molar-refractivity contribution in [2.24, 2.45) is 23.7 Å². The molecular formula is C57H90O31. The van der Waals surface area contributed by atoms with E-state index in [9.17, 15) is 102 Å². The smallest absolute Gasteiger partial charge is 0.330 e. The number of carbonyl (C=O) groups is 2. The summed E-state index contributed by atoms with van der Waals surface area (Å²) in [5, 5.41) is 193. The first-order chi connectivity index (χ1) is 41.9. The number of rotatable bonds is 19. The number of fused-ring (bicyclic) bond motifs is 1. The Bertz CT molecular complexity index is 2260. The summed E-state index contributed by atoms with van der Waals surface area (Å²) in [4.78, 5) is 26.3. The number of hydrogen-bond donors (Lipinski definition) is 18. The summed E-state index contributed by atoms with van der Waals surface area (Å²) >= 11 is 0. The molecule has 504 valence electrons. The molecule has 9 rings (SSSR count). The van der Waals surface area contributed by atoms with Gasteiger partial charge < -0.3 is 144 Å². The Morgan fingerprint density at radius 2 is 0.852 bits per heavy atom. The molecule has 5 saturated heterocycles. The zero-order valence-electron chi connectivity index (χ0n) is 48.3. The van der Waals surface area contributed by atoms with Crippen molar-refractivity contribution in [3.63, 3.8) is 0 Å². The highest BCUT2D eigenvalue weighted by Gasteiger charge is 2.56. The maximum Gasteiger partial charge on any atom is 0.330 e. The number of ether oxygens (including phenoxy) is 11. The SMILES string of the molecule is O=C(C=CC1CCC(O)C(O[C@@H]2O[C@H](CO)[C@@H](O)[C@H](O)[C@H]2O)C1)OC[C@H]1O[C@@H](O[C@H]2[C@H](OC3CC4C(CC(O)CC4O[C@@H]4O[C@H](CO)[C@@H](O)[C@H](O)[C@H]4O)OC3C3CCC(O)CC3)O[C@H](COC(=O)C=CC3CCC(O)C(O)C3)[C@@H](O)[C@@H]2O)[C@H](O)[C@@H](O)[C@@H]1O. The van der Waals surface area contributed by atoms with Crippen molar-refractivity contribution in [1.82, 2.24) is 0 Å². The minimum absolute atomic E-state index is 0.0142. The fraction of sp³-hybridized carbons (Fsp3) is 0.895. The van der Waals surface area contributed by atoms with Crippen molar-refractivity contribution in [2.45, 2.75) is 267 Å². The fourth-order valence-corrected chi connectivity index (χ4v) is 13.7. The Labute approximate surface area is 506 Å². The summed E-state index contributed by atoms with van der Waals surface area (Å²) in [6.45, 7) is -2.91. The Morgan fingerprint density at radius 1 is 0.386 bits per heavy atom. The average molecular weight is 1270 g/mol. The van der Waals surface area contributed by atoms with E-state index in [2.05, 4.69) is 0 Å². The van der Waals surface area contributed by atoms with E-state index in [-0.39, 0.29) is 50.4 Å². The predicted molar refractivity (Wildman–Crippen MR) is 287 cm³/mol.